The average Bonchev–Trinajstić information content (AvgIpc) is 3.22. The van der Waals surface area contributed by atoms with Gasteiger partial charge in [0.1, 0.15) is 11.6 Å². The molecule has 0 saturated heterocycles. The van der Waals surface area contributed by atoms with Gasteiger partial charge in [-0.25, -0.2) is 9.97 Å². The predicted molar refractivity (Wildman–Crippen MR) is 213 cm³/mol. The summed E-state index contributed by atoms with van der Waals surface area (Å²) in [6.07, 6.45) is -7.68. The Balaban J connectivity index is 1.29. The lowest BCUT2D eigenvalue weighted by Crippen LogP contribution is -2.15. The number of aromatic nitrogens is 3. The molecule has 3 heterocycles. The SMILES string of the molecule is FC(F)(F)c1ccc2ccccc2c1-c1cccc(N(c2cccc(-c3cccc4cccnc34)c2)c2cccc(-c3c(C(F)(F)F)ccc4ccccc34)n2)n1. The van der Waals surface area contributed by atoms with Crippen LogP contribution in [0.3, 0.4) is 0 Å². The van der Waals surface area contributed by atoms with Crippen LogP contribution in [0.5, 0.6) is 0 Å². The number of nitrogens with zero attached hydrogens (tertiary/aromatic N) is 4. The first-order valence-electron chi connectivity index (χ1n) is 17.9. The van der Waals surface area contributed by atoms with Crippen LogP contribution >= 0.6 is 0 Å². The Labute approximate surface area is 322 Å². The maximum absolute atomic E-state index is 14.7. The third-order valence-electron chi connectivity index (χ3n) is 9.96. The normalized spacial score (nSPS) is 12.0. The van der Waals surface area contributed by atoms with Gasteiger partial charge in [-0.05, 0) is 81.7 Å². The number of alkyl halides is 6. The highest BCUT2D eigenvalue weighted by Crippen LogP contribution is 2.45. The Morgan fingerprint density at radius 1 is 0.439 bits per heavy atom. The minimum atomic E-state index is -4.69. The Hall–Kier alpha value is -7.07. The fourth-order valence-electron chi connectivity index (χ4n) is 7.47. The Kier molecular flexibility index (Phi) is 8.69. The second-order valence-electron chi connectivity index (χ2n) is 13.4. The fourth-order valence-corrected chi connectivity index (χ4v) is 7.47. The number of fused-ring (bicyclic) bond motifs is 3. The van der Waals surface area contributed by atoms with Crippen molar-refractivity contribution in [3.8, 4) is 33.6 Å². The molecule has 0 aliphatic carbocycles. The number of hydrogen-bond donors (Lipinski definition) is 0. The minimum absolute atomic E-state index is 0.0561. The van der Waals surface area contributed by atoms with E-state index in [-0.39, 0.29) is 34.2 Å². The van der Waals surface area contributed by atoms with Gasteiger partial charge in [0.05, 0.1) is 28.0 Å². The van der Waals surface area contributed by atoms with Gasteiger partial charge < -0.3 is 0 Å². The molecule has 57 heavy (non-hydrogen) atoms. The highest BCUT2D eigenvalue weighted by atomic mass is 19.4. The summed E-state index contributed by atoms with van der Waals surface area (Å²) >= 11 is 0. The summed E-state index contributed by atoms with van der Waals surface area (Å²) in [4.78, 5) is 16.0. The zero-order valence-corrected chi connectivity index (χ0v) is 29.7. The van der Waals surface area contributed by atoms with E-state index < -0.39 is 23.5 Å². The average molecular weight is 763 g/mol. The van der Waals surface area contributed by atoms with Gasteiger partial charge in [-0.3, -0.25) is 9.88 Å². The summed E-state index contributed by atoms with van der Waals surface area (Å²) in [6, 6.07) is 45.1. The molecule has 0 unspecified atom stereocenters. The molecule has 0 saturated carbocycles. The van der Waals surface area contributed by atoms with Gasteiger partial charge in [-0.15, -0.1) is 0 Å². The molecular formula is C47H28F6N4. The van der Waals surface area contributed by atoms with E-state index >= 15 is 0 Å². The molecule has 4 nitrogen and oxygen atoms in total. The van der Waals surface area contributed by atoms with Crippen molar-refractivity contribution in [3.63, 3.8) is 0 Å². The van der Waals surface area contributed by atoms with E-state index in [9.17, 15) is 26.3 Å². The number of benzene rings is 6. The highest BCUT2D eigenvalue weighted by molar-refractivity contribution is 6.00. The molecule has 3 aromatic heterocycles. The summed E-state index contributed by atoms with van der Waals surface area (Å²) in [5.74, 6) is 0.390. The van der Waals surface area contributed by atoms with Crippen LogP contribution in [-0.2, 0) is 12.4 Å². The number of pyridine rings is 3. The van der Waals surface area contributed by atoms with Crippen LogP contribution < -0.4 is 4.90 Å². The zero-order valence-electron chi connectivity index (χ0n) is 29.7. The number of rotatable bonds is 6. The number of anilines is 3. The van der Waals surface area contributed by atoms with E-state index in [2.05, 4.69) is 4.98 Å². The van der Waals surface area contributed by atoms with Gasteiger partial charge in [0.2, 0.25) is 0 Å². The van der Waals surface area contributed by atoms with Gasteiger partial charge >= 0.3 is 12.4 Å². The molecule has 0 fully saturated rings. The lowest BCUT2D eigenvalue weighted by Gasteiger charge is -2.25. The van der Waals surface area contributed by atoms with Crippen LogP contribution in [0.2, 0.25) is 0 Å². The molecule has 0 atom stereocenters. The standard InChI is InChI=1S/C47H28F6N4/c48-46(49,50)37-25-23-29-10-1-3-16-34(29)43(37)39-19-7-21-41(55-39)57(33-15-5-13-32(28-33)36-18-6-12-31-14-9-27-54-45(31)36)42-22-8-20-40(56-42)44-35-17-4-2-11-30(35)24-26-38(44)47(51,52)53/h1-28H. The van der Waals surface area contributed by atoms with Gasteiger partial charge in [0, 0.05) is 34.0 Å². The molecule has 6 aromatic carbocycles. The summed E-state index contributed by atoms with van der Waals surface area (Å²) in [5.41, 5.74) is 1.10. The van der Waals surface area contributed by atoms with Crippen LogP contribution in [0, 0.1) is 0 Å². The van der Waals surface area contributed by atoms with Crippen molar-refractivity contribution < 1.29 is 26.3 Å². The molecule has 0 aliphatic heterocycles. The maximum atomic E-state index is 14.7. The maximum Gasteiger partial charge on any atom is 0.417 e. The van der Waals surface area contributed by atoms with E-state index in [1.54, 1.807) is 90.0 Å². The molecule has 278 valence electrons. The minimum Gasteiger partial charge on any atom is -0.279 e. The van der Waals surface area contributed by atoms with Crippen molar-refractivity contribution in [2.75, 3.05) is 4.90 Å². The summed E-state index contributed by atoms with van der Waals surface area (Å²) in [6.45, 7) is 0. The van der Waals surface area contributed by atoms with E-state index in [1.807, 2.05) is 48.5 Å². The van der Waals surface area contributed by atoms with E-state index in [1.165, 1.54) is 24.3 Å². The zero-order chi connectivity index (χ0) is 39.3. The van der Waals surface area contributed by atoms with E-state index in [0.29, 0.717) is 27.2 Å². The van der Waals surface area contributed by atoms with Crippen molar-refractivity contribution in [1.82, 2.24) is 15.0 Å². The first-order valence-corrected chi connectivity index (χ1v) is 17.9. The number of hydrogen-bond acceptors (Lipinski definition) is 4. The van der Waals surface area contributed by atoms with Crippen molar-refractivity contribution in [3.05, 3.63) is 181 Å². The molecule has 0 aliphatic rings. The predicted octanol–water partition coefficient (Wildman–Crippen LogP) is 13.8. The molecule has 0 N–H and O–H groups in total. The summed E-state index contributed by atoms with van der Waals surface area (Å²) in [5, 5.41) is 2.86. The third-order valence-corrected chi connectivity index (χ3v) is 9.96. The van der Waals surface area contributed by atoms with Crippen LogP contribution in [0.4, 0.5) is 43.7 Å². The summed E-state index contributed by atoms with van der Waals surface area (Å²) in [7, 11) is 0. The first-order chi connectivity index (χ1) is 27.5. The monoisotopic (exact) mass is 762 g/mol. The van der Waals surface area contributed by atoms with Gasteiger partial charge in [0.25, 0.3) is 0 Å². The Morgan fingerprint density at radius 2 is 0.947 bits per heavy atom. The molecule has 0 spiro atoms. The molecule has 0 radical (unpaired) electrons. The van der Waals surface area contributed by atoms with E-state index in [0.717, 1.165) is 34.2 Å². The van der Waals surface area contributed by atoms with Crippen molar-refractivity contribution in [2.45, 2.75) is 12.4 Å². The lowest BCUT2D eigenvalue weighted by atomic mass is 9.95. The van der Waals surface area contributed by atoms with Gasteiger partial charge in [0.15, 0.2) is 0 Å². The number of halogens is 6. The second-order valence-corrected chi connectivity index (χ2v) is 13.4. The van der Waals surface area contributed by atoms with Crippen molar-refractivity contribution >= 4 is 49.8 Å². The largest absolute Gasteiger partial charge is 0.417 e. The van der Waals surface area contributed by atoms with Gasteiger partial charge in [-0.2, -0.15) is 26.3 Å². The topological polar surface area (TPSA) is 41.9 Å². The van der Waals surface area contributed by atoms with Crippen molar-refractivity contribution in [2.24, 2.45) is 0 Å². The molecular weight excluding hydrogens is 735 g/mol. The Bertz CT molecular complexity index is 2830. The van der Waals surface area contributed by atoms with Crippen LogP contribution in [-0.4, -0.2) is 15.0 Å². The van der Waals surface area contributed by atoms with Crippen LogP contribution in [0.1, 0.15) is 11.1 Å². The Morgan fingerprint density at radius 3 is 1.53 bits per heavy atom. The smallest absolute Gasteiger partial charge is 0.279 e. The molecule has 10 heteroatoms. The lowest BCUT2D eigenvalue weighted by molar-refractivity contribution is -0.137. The van der Waals surface area contributed by atoms with E-state index in [4.69, 9.17) is 9.97 Å². The fraction of sp³-hybridized carbons (Fsp3) is 0.0426. The quantitative estimate of drug-likeness (QED) is 0.158. The molecule has 0 amide bonds. The van der Waals surface area contributed by atoms with Gasteiger partial charge in [-0.1, -0.05) is 109 Å². The highest BCUT2D eigenvalue weighted by Gasteiger charge is 2.36. The molecule has 0 bridgehead atoms. The van der Waals surface area contributed by atoms with Crippen LogP contribution in [0.15, 0.2) is 170 Å². The third kappa shape index (κ3) is 6.58. The second kappa shape index (κ2) is 13.9. The van der Waals surface area contributed by atoms with Crippen LogP contribution in [0.25, 0.3) is 66.1 Å². The number of para-hydroxylation sites is 1. The first kappa shape index (κ1) is 35.6. The molecule has 9 rings (SSSR count). The molecule has 9 aromatic rings. The van der Waals surface area contributed by atoms with Crippen molar-refractivity contribution in [1.29, 1.82) is 0 Å². The summed E-state index contributed by atoms with van der Waals surface area (Å²) < 4.78 is 88.0.